The average molecular weight is 434 g/mol. The van der Waals surface area contributed by atoms with Crippen LogP contribution < -0.4 is 5.73 Å². The van der Waals surface area contributed by atoms with Crippen molar-refractivity contribution in [1.29, 1.82) is 0 Å². The van der Waals surface area contributed by atoms with Crippen molar-refractivity contribution >= 4 is 26.5 Å². The van der Waals surface area contributed by atoms with Gasteiger partial charge in [-0.3, -0.25) is 9.69 Å². The highest BCUT2D eigenvalue weighted by molar-refractivity contribution is 9.18. The molecule has 0 aliphatic carbocycles. The first-order chi connectivity index (χ1) is 12.3. The van der Waals surface area contributed by atoms with Crippen molar-refractivity contribution in [3.8, 4) is 0 Å². The second-order valence-electron chi connectivity index (χ2n) is 6.61. The fourth-order valence-corrected chi connectivity index (χ4v) is 3.98. The summed E-state index contributed by atoms with van der Waals surface area (Å²) in [6.07, 6.45) is -2.01. The lowest BCUT2D eigenvalue weighted by Gasteiger charge is -2.37. The largest absolute Gasteiger partial charge is 0.416 e. The maximum absolute atomic E-state index is 12.7. The number of amides is 1. The molecule has 2 N–H and O–H groups in total. The first-order valence-corrected chi connectivity index (χ1v) is 9.13. The first-order valence-electron chi connectivity index (χ1n) is 8.34. The summed E-state index contributed by atoms with van der Waals surface area (Å²) in [6.45, 7) is 1.24. The predicted octanol–water partition coefficient (Wildman–Crippen LogP) is 3.44. The van der Waals surface area contributed by atoms with E-state index in [0.717, 1.165) is 36.0 Å². The van der Waals surface area contributed by atoms with Crippen LogP contribution in [-0.2, 0) is 15.8 Å². The third-order valence-corrected chi connectivity index (χ3v) is 5.41. The smallest absolute Gasteiger partial charge is 0.391 e. The van der Waals surface area contributed by atoms with Crippen molar-refractivity contribution in [3.05, 3.63) is 35.4 Å². The number of hydrogen-bond donors (Lipinski definition) is 1. The van der Waals surface area contributed by atoms with Crippen LogP contribution in [0, 0.1) is 5.92 Å². The van der Waals surface area contributed by atoms with E-state index in [9.17, 15) is 18.0 Å². The summed E-state index contributed by atoms with van der Waals surface area (Å²) in [5.41, 5.74) is 5.28. The van der Waals surface area contributed by atoms with Gasteiger partial charge in [0, 0.05) is 12.3 Å². The number of likely N-dealkylation sites (tertiary alicyclic amines) is 1. The lowest BCUT2D eigenvalue weighted by molar-refractivity contribution is -0.137. The van der Waals surface area contributed by atoms with Crippen LogP contribution in [0.15, 0.2) is 29.4 Å². The molecule has 2 heterocycles. The molecule has 2 atom stereocenters. The fourth-order valence-electron chi connectivity index (χ4n) is 3.58. The van der Waals surface area contributed by atoms with E-state index in [1.165, 1.54) is 12.1 Å². The number of piperidine rings is 1. The van der Waals surface area contributed by atoms with Gasteiger partial charge in [0.15, 0.2) is 0 Å². The Morgan fingerprint density at radius 2 is 1.88 bits per heavy atom. The van der Waals surface area contributed by atoms with Crippen LogP contribution in [-0.4, -0.2) is 34.6 Å². The van der Waals surface area contributed by atoms with E-state index in [-0.39, 0.29) is 6.10 Å². The Kier molecular flexibility index (Phi) is 5.57. The van der Waals surface area contributed by atoms with Gasteiger partial charge >= 0.3 is 6.18 Å². The molecule has 2 aliphatic heterocycles. The highest BCUT2D eigenvalue weighted by Gasteiger charge is 2.36. The number of benzene rings is 1. The molecule has 3 rings (SSSR count). The number of nitrogens with two attached hydrogens (primary N) is 1. The zero-order valence-corrected chi connectivity index (χ0v) is 15.5. The van der Waals surface area contributed by atoms with Gasteiger partial charge in [0.25, 0.3) is 0 Å². The van der Waals surface area contributed by atoms with Gasteiger partial charge in [0.05, 0.1) is 5.56 Å². The van der Waals surface area contributed by atoms with Crippen molar-refractivity contribution in [3.63, 3.8) is 0 Å². The van der Waals surface area contributed by atoms with Gasteiger partial charge in [-0.05, 0) is 59.6 Å². The molecule has 1 aromatic carbocycles. The van der Waals surface area contributed by atoms with Gasteiger partial charge < -0.3 is 10.6 Å². The van der Waals surface area contributed by atoms with E-state index in [2.05, 4.69) is 21.1 Å². The number of rotatable bonds is 4. The molecule has 0 radical (unpaired) electrons. The van der Waals surface area contributed by atoms with Gasteiger partial charge in [0.2, 0.25) is 5.91 Å². The van der Waals surface area contributed by atoms with Crippen LogP contribution >= 0.6 is 15.9 Å². The predicted molar refractivity (Wildman–Crippen MR) is 93.5 cm³/mol. The number of alkyl halides is 3. The van der Waals surface area contributed by atoms with Crippen molar-refractivity contribution in [1.82, 2.24) is 4.90 Å². The summed E-state index contributed by atoms with van der Waals surface area (Å²) in [5.74, 6) is -0.238. The van der Waals surface area contributed by atoms with Crippen molar-refractivity contribution in [2.45, 2.75) is 37.6 Å². The summed E-state index contributed by atoms with van der Waals surface area (Å²) in [6, 6.07) is 3.90. The summed E-state index contributed by atoms with van der Waals surface area (Å²) in [4.78, 5) is 19.3. The maximum atomic E-state index is 12.7. The average Bonchev–Trinajstić information content (AvgIpc) is 3.01. The van der Waals surface area contributed by atoms with Crippen LogP contribution in [0.3, 0.4) is 0 Å². The highest BCUT2D eigenvalue weighted by Crippen LogP contribution is 2.34. The highest BCUT2D eigenvalue weighted by atomic mass is 79.9. The monoisotopic (exact) mass is 433 g/mol. The normalized spacial score (nSPS) is 23.4. The van der Waals surface area contributed by atoms with Crippen LogP contribution in [0.4, 0.5) is 13.2 Å². The maximum Gasteiger partial charge on any atom is 0.416 e. The Hall–Kier alpha value is -1.61. The van der Waals surface area contributed by atoms with E-state index < -0.39 is 23.7 Å². The molecule has 1 aromatic rings. The summed E-state index contributed by atoms with van der Waals surface area (Å²) >= 11 is 3.32. The molecule has 0 bridgehead atoms. The number of carbonyl (C=O) groups excluding carboxylic acids is 1. The quantitative estimate of drug-likeness (QED) is 0.790. The number of hydrogen-bond acceptors (Lipinski definition) is 4. The molecule has 9 heteroatoms. The van der Waals surface area contributed by atoms with Crippen LogP contribution in [0.25, 0.3) is 0 Å². The van der Waals surface area contributed by atoms with Gasteiger partial charge in [-0.1, -0.05) is 17.3 Å². The Morgan fingerprint density at radius 3 is 2.35 bits per heavy atom. The lowest BCUT2D eigenvalue weighted by Crippen LogP contribution is -2.44. The fraction of sp³-hybridized carbons (Fsp3) is 0.529. The molecule has 0 saturated carbocycles. The van der Waals surface area contributed by atoms with Crippen LogP contribution in [0.2, 0.25) is 0 Å². The minimum absolute atomic E-state index is 0.0321. The molecule has 26 heavy (non-hydrogen) atoms. The van der Waals surface area contributed by atoms with E-state index in [1.54, 1.807) is 0 Å². The first kappa shape index (κ1) is 19.2. The summed E-state index contributed by atoms with van der Waals surface area (Å²) in [7, 11) is 0. The zero-order chi connectivity index (χ0) is 18.9. The third kappa shape index (κ3) is 4.20. The van der Waals surface area contributed by atoms with Crippen molar-refractivity contribution in [2.75, 3.05) is 13.1 Å². The van der Waals surface area contributed by atoms with E-state index >= 15 is 0 Å². The topological polar surface area (TPSA) is 67.9 Å². The van der Waals surface area contributed by atoms with Crippen LogP contribution in [0.5, 0.6) is 0 Å². The number of carbonyl (C=O) groups is 1. The molecule has 5 nitrogen and oxygen atoms in total. The standard InChI is InChI=1S/C17H19BrF3N3O2/c18-14-9-13(26-23-14)10-5-7-24(8-6-10)15(16(22)25)11-1-3-12(4-2-11)17(19,20)21/h1-4,10,13,15H,5-9H2,(H2,22,25). The SMILES string of the molecule is NC(=O)C(c1ccc(C(F)(F)F)cc1)N1CCC(C2CC(Br)=NO2)CC1. The molecule has 1 amide bonds. The number of nitrogens with zero attached hydrogens (tertiary/aromatic N) is 2. The number of primary amides is 1. The minimum Gasteiger partial charge on any atom is -0.391 e. The molecule has 2 aliphatic rings. The molecular weight excluding hydrogens is 415 g/mol. The molecule has 2 unspecified atom stereocenters. The van der Waals surface area contributed by atoms with Gasteiger partial charge in [0.1, 0.15) is 16.8 Å². The Bertz CT molecular complexity index is 685. The zero-order valence-electron chi connectivity index (χ0n) is 13.9. The van der Waals surface area contributed by atoms with Gasteiger partial charge in [-0.15, -0.1) is 0 Å². The summed E-state index contributed by atoms with van der Waals surface area (Å²) < 4.78 is 39.0. The molecule has 142 valence electrons. The minimum atomic E-state index is -4.41. The second kappa shape index (κ2) is 7.56. The molecule has 1 saturated heterocycles. The third-order valence-electron chi connectivity index (χ3n) is 4.95. The molecule has 0 spiro atoms. The van der Waals surface area contributed by atoms with E-state index in [4.69, 9.17) is 10.6 Å². The van der Waals surface area contributed by atoms with Crippen molar-refractivity contribution < 1.29 is 22.8 Å². The Balaban J connectivity index is 1.67. The summed E-state index contributed by atoms with van der Waals surface area (Å²) in [5, 5.41) is 3.90. The molecule has 0 aromatic heterocycles. The van der Waals surface area contributed by atoms with Crippen molar-refractivity contribution in [2.24, 2.45) is 16.8 Å². The number of oxime groups is 1. The Labute approximate surface area is 157 Å². The molecule has 1 fully saturated rings. The van der Waals surface area contributed by atoms with Crippen LogP contribution in [0.1, 0.15) is 36.4 Å². The Morgan fingerprint density at radius 1 is 1.27 bits per heavy atom. The molecular formula is C17H19BrF3N3O2. The second-order valence-corrected chi connectivity index (χ2v) is 7.53. The van der Waals surface area contributed by atoms with Gasteiger partial charge in [-0.25, -0.2) is 0 Å². The van der Waals surface area contributed by atoms with Gasteiger partial charge in [-0.2, -0.15) is 13.2 Å². The lowest BCUT2D eigenvalue weighted by atomic mass is 9.88. The van der Waals surface area contributed by atoms with E-state index in [1.807, 2.05) is 4.90 Å². The number of halogens is 4. The van der Waals surface area contributed by atoms with E-state index in [0.29, 0.717) is 24.6 Å².